The van der Waals surface area contributed by atoms with Gasteiger partial charge < -0.3 is 23.7 Å². The van der Waals surface area contributed by atoms with E-state index in [1.807, 2.05) is 39.8 Å². The maximum absolute atomic E-state index is 13.4. The highest BCUT2D eigenvalue weighted by atomic mass is 16.6. The lowest BCUT2D eigenvalue weighted by Crippen LogP contribution is -2.55. The fraction of sp³-hybridized carbons (Fsp3) is 0.571. The van der Waals surface area contributed by atoms with Crippen LogP contribution in [0.15, 0.2) is 54.1 Å². The number of rotatable bonds is 6. The summed E-state index contributed by atoms with van der Waals surface area (Å²) in [5.74, 6) is -4.43. The van der Waals surface area contributed by atoms with Crippen molar-refractivity contribution in [1.29, 1.82) is 0 Å². The lowest BCUT2D eigenvalue weighted by Gasteiger charge is -2.43. The van der Waals surface area contributed by atoms with Crippen LogP contribution in [0.2, 0.25) is 0 Å². The van der Waals surface area contributed by atoms with Gasteiger partial charge in [0, 0.05) is 45.4 Å². The lowest BCUT2D eigenvalue weighted by atomic mass is 9.75. The third-order valence-electron chi connectivity index (χ3n) is 8.61. The van der Waals surface area contributed by atoms with E-state index in [4.69, 9.17) is 23.7 Å². The minimum atomic E-state index is -1.46. The molecule has 3 rings (SSSR count). The standard InChI is InChI=1S/C35H46O10/c1-20-15-16-34(8,9)30(42-24(5)37)18-29(41-23(4)36)21(2)17-28-31(44-33(40)27-13-11-10-12-14-27)22(3)19-35(28,45-26(7)39)32(20)43-25(6)38/h10-17,20,22,28-32H,18-19H2,1-9H3/b16-15-,21-17-/t20-,22-,28-,29+,30+,31-,32-,35+/m0/s1. The molecular formula is C35H46O10. The highest BCUT2D eigenvalue weighted by molar-refractivity contribution is 5.89. The molecule has 0 spiro atoms. The van der Waals surface area contributed by atoms with E-state index in [0.29, 0.717) is 11.1 Å². The van der Waals surface area contributed by atoms with Gasteiger partial charge >= 0.3 is 29.8 Å². The molecule has 1 aromatic rings. The Labute approximate surface area is 265 Å². The molecule has 246 valence electrons. The minimum absolute atomic E-state index is 0.137. The number of hydrogen-bond acceptors (Lipinski definition) is 10. The van der Waals surface area contributed by atoms with E-state index in [0.717, 1.165) is 0 Å². The van der Waals surface area contributed by atoms with Gasteiger partial charge in [-0.05, 0) is 37.0 Å². The Balaban J connectivity index is 2.32. The summed E-state index contributed by atoms with van der Waals surface area (Å²) in [4.78, 5) is 63.4. The smallest absolute Gasteiger partial charge is 0.338 e. The number of benzene rings is 1. The Kier molecular flexibility index (Phi) is 11.4. The Morgan fingerprint density at radius 1 is 0.800 bits per heavy atom. The van der Waals surface area contributed by atoms with Crippen LogP contribution in [0, 0.1) is 23.2 Å². The zero-order valence-electron chi connectivity index (χ0n) is 27.7. The zero-order chi connectivity index (χ0) is 33.7. The SMILES string of the molecule is CC(=O)O[C@@H]1C[C@@H](OC(C)=O)C(C)(C)/C=C\[C@H](C)[C@H](OC(C)=O)[C@@]2(OC(C)=O)C[C@H](C)[C@H](OC(=O)c3ccccc3)[C@@H]2/C=C\1C. The highest BCUT2D eigenvalue weighted by Gasteiger charge is 2.62. The van der Waals surface area contributed by atoms with Crippen LogP contribution in [-0.2, 0) is 42.9 Å². The second-order valence-electron chi connectivity index (χ2n) is 12.9. The summed E-state index contributed by atoms with van der Waals surface area (Å²) >= 11 is 0. The Morgan fingerprint density at radius 3 is 1.96 bits per heavy atom. The van der Waals surface area contributed by atoms with E-state index < -0.39 is 77.1 Å². The molecule has 0 saturated heterocycles. The molecule has 0 unspecified atom stereocenters. The van der Waals surface area contributed by atoms with Crippen molar-refractivity contribution in [3.8, 4) is 0 Å². The van der Waals surface area contributed by atoms with Crippen LogP contribution in [0.1, 0.15) is 85.5 Å². The molecule has 10 heteroatoms. The highest BCUT2D eigenvalue weighted by Crippen LogP contribution is 2.51. The van der Waals surface area contributed by atoms with Gasteiger partial charge in [-0.3, -0.25) is 19.2 Å². The summed E-state index contributed by atoms with van der Waals surface area (Å²) in [5.41, 5.74) is -1.29. The quantitative estimate of drug-likeness (QED) is 0.225. The van der Waals surface area contributed by atoms with Crippen LogP contribution in [0.5, 0.6) is 0 Å². The van der Waals surface area contributed by atoms with E-state index in [1.54, 1.807) is 43.3 Å². The van der Waals surface area contributed by atoms with Gasteiger partial charge in [0.1, 0.15) is 24.4 Å². The van der Waals surface area contributed by atoms with Crippen molar-refractivity contribution in [2.75, 3.05) is 0 Å². The van der Waals surface area contributed by atoms with Gasteiger partial charge in [-0.25, -0.2) is 4.79 Å². The van der Waals surface area contributed by atoms with Crippen LogP contribution in [0.4, 0.5) is 0 Å². The largest absolute Gasteiger partial charge is 0.461 e. The predicted molar refractivity (Wildman–Crippen MR) is 165 cm³/mol. The first-order valence-corrected chi connectivity index (χ1v) is 15.3. The fourth-order valence-electron chi connectivity index (χ4n) is 6.58. The number of esters is 5. The van der Waals surface area contributed by atoms with Crippen molar-refractivity contribution in [1.82, 2.24) is 0 Å². The molecule has 1 fully saturated rings. The van der Waals surface area contributed by atoms with Gasteiger partial charge in [-0.15, -0.1) is 0 Å². The average Bonchev–Trinajstić information content (AvgIpc) is 3.18. The van der Waals surface area contributed by atoms with Gasteiger partial charge in [-0.2, -0.15) is 0 Å². The topological polar surface area (TPSA) is 132 Å². The van der Waals surface area contributed by atoms with Crippen molar-refractivity contribution in [2.45, 2.75) is 105 Å². The molecule has 0 radical (unpaired) electrons. The summed E-state index contributed by atoms with van der Waals surface area (Å²) in [5, 5.41) is 0. The van der Waals surface area contributed by atoms with Crippen molar-refractivity contribution < 1.29 is 47.7 Å². The van der Waals surface area contributed by atoms with Gasteiger partial charge in [0.2, 0.25) is 0 Å². The first-order chi connectivity index (χ1) is 21.0. The summed E-state index contributed by atoms with van der Waals surface area (Å²) < 4.78 is 29.9. The number of ether oxygens (including phenoxy) is 5. The normalized spacial score (nSPS) is 33.0. The van der Waals surface area contributed by atoms with Crippen LogP contribution in [0.3, 0.4) is 0 Å². The van der Waals surface area contributed by atoms with Crippen molar-refractivity contribution in [3.05, 3.63) is 59.7 Å². The number of carbonyl (C=O) groups is 5. The number of carbonyl (C=O) groups excluding carboxylic acids is 5. The molecule has 0 N–H and O–H groups in total. The molecule has 0 amide bonds. The first kappa shape index (κ1) is 35.5. The number of fused-ring (bicyclic) bond motifs is 1. The van der Waals surface area contributed by atoms with E-state index in [2.05, 4.69) is 0 Å². The van der Waals surface area contributed by atoms with Crippen molar-refractivity contribution >= 4 is 29.8 Å². The summed E-state index contributed by atoms with van der Waals surface area (Å²) in [6.07, 6.45) is 2.48. The molecule has 2 aliphatic carbocycles. The second-order valence-corrected chi connectivity index (χ2v) is 12.9. The first-order valence-electron chi connectivity index (χ1n) is 15.3. The summed E-state index contributed by atoms with van der Waals surface area (Å²) in [6.45, 7) is 14.5. The van der Waals surface area contributed by atoms with Gasteiger partial charge in [0.05, 0.1) is 11.5 Å². The monoisotopic (exact) mass is 626 g/mol. The van der Waals surface area contributed by atoms with Gasteiger partial charge in [0.25, 0.3) is 0 Å². The second kappa shape index (κ2) is 14.4. The Morgan fingerprint density at radius 2 is 1.40 bits per heavy atom. The molecule has 2 aliphatic rings. The average molecular weight is 627 g/mol. The molecule has 1 aromatic carbocycles. The zero-order valence-corrected chi connectivity index (χ0v) is 27.7. The van der Waals surface area contributed by atoms with E-state index in [-0.39, 0.29) is 18.8 Å². The lowest BCUT2D eigenvalue weighted by molar-refractivity contribution is -0.195. The Hall–Kier alpha value is -3.95. The summed E-state index contributed by atoms with van der Waals surface area (Å²) in [7, 11) is 0. The molecule has 0 heterocycles. The molecule has 45 heavy (non-hydrogen) atoms. The van der Waals surface area contributed by atoms with Crippen LogP contribution in [0.25, 0.3) is 0 Å². The third kappa shape index (κ3) is 8.61. The van der Waals surface area contributed by atoms with E-state index in [9.17, 15) is 24.0 Å². The van der Waals surface area contributed by atoms with Gasteiger partial charge in [-0.1, -0.05) is 64.1 Å². The van der Waals surface area contributed by atoms with Crippen LogP contribution < -0.4 is 0 Å². The molecule has 0 aromatic heterocycles. The van der Waals surface area contributed by atoms with Crippen molar-refractivity contribution in [2.24, 2.45) is 23.2 Å². The fourth-order valence-corrected chi connectivity index (χ4v) is 6.58. The van der Waals surface area contributed by atoms with E-state index >= 15 is 0 Å². The van der Waals surface area contributed by atoms with Gasteiger partial charge in [0.15, 0.2) is 5.60 Å². The van der Waals surface area contributed by atoms with Crippen molar-refractivity contribution in [3.63, 3.8) is 0 Å². The molecule has 0 bridgehead atoms. The predicted octanol–water partition coefficient (Wildman–Crippen LogP) is 5.53. The molecule has 8 atom stereocenters. The van der Waals surface area contributed by atoms with E-state index in [1.165, 1.54) is 27.7 Å². The maximum Gasteiger partial charge on any atom is 0.338 e. The number of hydrogen-bond donors (Lipinski definition) is 0. The maximum atomic E-state index is 13.4. The molecular weight excluding hydrogens is 580 g/mol. The summed E-state index contributed by atoms with van der Waals surface area (Å²) in [6, 6.07) is 8.54. The van der Waals surface area contributed by atoms with Crippen LogP contribution in [-0.4, -0.2) is 59.9 Å². The minimum Gasteiger partial charge on any atom is -0.461 e. The molecule has 1 saturated carbocycles. The molecule has 0 aliphatic heterocycles. The Bertz CT molecular complexity index is 1330. The molecule has 10 nitrogen and oxygen atoms in total. The third-order valence-corrected chi connectivity index (χ3v) is 8.61. The van der Waals surface area contributed by atoms with Crippen LogP contribution >= 0.6 is 0 Å².